The number of β-amino-alcohol motifs (C(OH)–C–C–N with tert-alkyl or cyclic N) is 1. The SMILES string of the molecule is CCOc1ncccc1C(=O)N1CCC[C@@](O)(c2cn(C(C)C)nn2)C1. The van der Waals surface area contributed by atoms with Crippen LogP contribution in [0, 0.1) is 0 Å². The summed E-state index contributed by atoms with van der Waals surface area (Å²) in [6.45, 7) is 7.01. The third-order valence-electron chi connectivity index (χ3n) is 4.56. The molecule has 8 nitrogen and oxygen atoms in total. The number of aromatic nitrogens is 4. The Morgan fingerprint density at radius 3 is 2.96 bits per heavy atom. The number of ether oxygens (including phenoxy) is 1. The fraction of sp³-hybridized carbons (Fsp3) is 0.556. The number of rotatable bonds is 5. The zero-order valence-electron chi connectivity index (χ0n) is 15.4. The number of likely N-dealkylation sites (tertiary alicyclic amines) is 1. The minimum atomic E-state index is -1.20. The largest absolute Gasteiger partial charge is 0.477 e. The first-order chi connectivity index (χ1) is 12.4. The third kappa shape index (κ3) is 3.55. The number of hydrogen-bond donors (Lipinski definition) is 1. The van der Waals surface area contributed by atoms with Gasteiger partial charge in [0.2, 0.25) is 5.88 Å². The molecule has 140 valence electrons. The average Bonchev–Trinajstić information content (AvgIpc) is 3.13. The van der Waals surface area contributed by atoms with Gasteiger partial charge in [-0.25, -0.2) is 9.67 Å². The van der Waals surface area contributed by atoms with E-state index >= 15 is 0 Å². The molecular formula is C18H25N5O3. The normalized spacial score (nSPS) is 20.4. The van der Waals surface area contributed by atoms with E-state index < -0.39 is 5.60 Å². The van der Waals surface area contributed by atoms with Crippen LogP contribution in [0.15, 0.2) is 24.5 Å². The van der Waals surface area contributed by atoms with Crippen molar-refractivity contribution in [3.63, 3.8) is 0 Å². The van der Waals surface area contributed by atoms with Crippen LogP contribution in [0.5, 0.6) is 5.88 Å². The second kappa shape index (κ2) is 7.41. The van der Waals surface area contributed by atoms with Gasteiger partial charge in [0.1, 0.15) is 16.9 Å². The summed E-state index contributed by atoms with van der Waals surface area (Å²) in [5.41, 5.74) is -0.293. The molecule has 3 heterocycles. The third-order valence-corrected chi connectivity index (χ3v) is 4.56. The highest BCUT2D eigenvalue weighted by Crippen LogP contribution is 2.31. The summed E-state index contributed by atoms with van der Waals surface area (Å²) in [6, 6.07) is 3.56. The Hall–Kier alpha value is -2.48. The maximum absolute atomic E-state index is 13.0. The Bertz CT molecular complexity index is 776. The Morgan fingerprint density at radius 1 is 1.46 bits per heavy atom. The first-order valence-corrected chi connectivity index (χ1v) is 8.96. The van der Waals surface area contributed by atoms with Crippen LogP contribution in [0.3, 0.4) is 0 Å². The van der Waals surface area contributed by atoms with Crippen molar-refractivity contribution in [1.29, 1.82) is 0 Å². The molecule has 0 radical (unpaired) electrons. The summed E-state index contributed by atoms with van der Waals surface area (Å²) < 4.78 is 7.18. The number of pyridine rings is 1. The van der Waals surface area contributed by atoms with Crippen molar-refractivity contribution in [3.8, 4) is 5.88 Å². The lowest BCUT2D eigenvalue weighted by molar-refractivity contribution is -0.0321. The second-order valence-electron chi connectivity index (χ2n) is 6.83. The molecule has 0 spiro atoms. The predicted octanol–water partition coefficient (Wildman–Crippen LogP) is 1.78. The molecule has 2 aromatic heterocycles. The van der Waals surface area contributed by atoms with E-state index in [9.17, 15) is 9.90 Å². The van der Waals surface area contributed by atoms with E-state index in [1.807, 2.05) is 20.8 Å². The standard InChI is InChI=1S/C18H25N5O3/c1-4-26-16-14(7-5-9-19-16)17(24)22-10-6-8-18(25,12-22)15-11-23(13(2)3)21-20-15/h5,7,9,11,13,25H,4,6,8,10,12H2,1-3H3/t18-/m0/s1. The van der Waals surface area contributed by atoms with E-state index in [4.69, 9.17) is 4.74 Å². The molecule has 3 rings (SSSR count). The summed E-state index contributed by atoms with van der Waals surface area (Å²) in [4.78, 5) is 18.8. The van der Waals surface area contributed by atoms with Gasteiger partial charge in [-0.05, 0) is 45.7 Å². The van der Waals surface area contributed by atoms with Gasteiger partial charge in [0.05, 0.1) is 19.3 Å². The molecule has 1 N–H and O–H groups in total. The zero-order chi connectivity index (χ0) is 18.7. The van der Waals surface area contributed by atoms with Gasteiger partial charge >= 0.3 is 0 Å². The molecule has 1 fully saturated rings. The Labute approximate surface area is 152 Å². The predicted molar refractivity (Wildman–Crippen MR) is 94.8 cm³/mol. The molecule has 1 atom stereocenters. The van der Waals surface area contributed by atoms with Crippen LogP contribution in [0.4, 0.5) is 0 Å². The van der Waals surface area contributed by atoms with Gasteiger partial charge in [-0.1, -0.05) is 5.21 Å². The molecule has 26 heavy (non-hydrogen) atoms. The van der Waals surface area contributed by atoms with Crippen molar-refractivity contribution in [3.05, 3.63) is 35.8 Å². The lowest BCUT2D eigenvalue weighted by Gasteiger charge is -2.38. The number of piperidine rings is 1. The van der Waals surface area contributed by atoms with Crippen LogP contribution in [-0.2, 0) is 5.60 Å². The molecule has 1 amide bonds. The molecular weight excluding hydrogens is 334 g/mol. The van der Waals surface area contributed by atoms with Crippen LogP contribution in [-0.4, -0.2) is 55.6 Å². The maximum Gasteiger partial charge on any atom is 0.259 e. The van der Waals surface area contributed by atoms with Crippen LogP contribution in [0.1, 0.15) is 55.7 Å². The van der Waals surface area contributed by atoms with Gasteiger partial charge < -0.3 is 14.7 Å². The molecule has 2 aromatic rings. The number of aliphatic hydroxyl groups is 1. The Morgan fingerprint density at radius 2 is 2.27 bits per heavy atom. The van der Waals surface area contributed by atoms with Gasteiger partial charge in [0, 0.05) is 18.8 Å². The first-order valence-electron chi connectivity index (χ1n) is 8.96. The molecule has 0 aliphatic carbocycles. The number of hydrogen-bond acceptors (Lipinski definition) is 6. The zero-order valence-corrected chi connectivity index (χ0v) is 15.4. The lowest BCUT2D eigenvalue weighted by Crippen LogP contribution is -2.48. The van der Waals surface area contributed by atoms with E-state index in [1.54, 1.807) is 34.1 Å². The quantitative estimate of drug-likeness (QED) is 0.875. The van der Waals surface area contributed by atoms with Crippen molar-refractivity contribution in [2.24, 2.45) is 0 Å². The highest BCUT2D eigenvalue weighted by molar-refractivity contribution is 5.96. The smallest absolute Gasteiger partial charge is 0.259 e. The van der Waals surface area contributed by atoms with E-state index in [0.29, 0.717) is 43.1 Å². The summed E-state index contributed by atoms with van der Waals surface area (Å²) in [6.07, 6.45) is 4.58. The molecule has 1 aliphatic rings. The average molecular weight is 359 g/mol. The number of nitrogens with zero attached hydrogens (tertiary/aromatic N) is 5. The monoisotopic (exact) mass is 359 g/mol. The van der Waals surface area contributed by atoms with Crippen molar-refractivity contribution < 1.29 is 14.6 Å². The van der Waals surface area contributed by atoms with Crippen LogP contribution < -0.4 is 4.74 Å². The summed E-state index contributed by atoms with van der Waals surface area (Å²) in [7, 11) is 0. The van der Waals surface area contributed by atoms with Crippen molar-refractivity contribution in [2.45, 2.75) is 45.3 Å². The minimum absolute atomic E-state index is 0.158. The van der Waals surface area contributed by atoms with Crippen LogP contribution in [0.25, 0.3) is 0 Å². The Kier molecular flexibility index (Phi) is 5.22. The van der Waals surface area contributed by atoms with Gasteiger partial charge in [-0.3, -0.25) is 4.79 Å². The number of carbonyl (C=O) groups excluding carboxylic acids is 1. The molecule has 0 bridgehead atoms. The molecule has 0 aromatic carbocycles. The van der Waals surface area contributed by atoms with Crippen molar-refractivity contribution in [2.75, 3.05) is 19.7 Å². The Balaban J connectivity index is 1.82. The summed E-state index contributed by atoms with van der Waals surface area (Å²) in [5, 5.41) is 19.3. The molecule has 8 heteroatoms. The molecule has 0 saturated carbocycles. The van der Waals surface area contributed by atoms with Crippen molar-refractivity contribution in [1.82, 2.24) is 24.9 Å². The molecule has 0 unspecified atom stereocenters. The van der Waals surface area contributed by atoms with Gasteiger partial charge in [-0.15, -0.1) is 5.10 Å². The minimum Gasteiger partial charge on any atom is -0.477 e. The highest BCUT2D eigenvalue weighted by Gasteiger charge is 2.40. The number of carbonyl (C=O) groups is 1. The van der Waals surface area contributed by atoms with Crippen molar-refractivity contribution >= 4 is 5.91 Å². The van der Waals surface area contributed by atoms with E-state index in [1.165, 1.54) is 0 Å². The molecule has 1 saturated heterocycles. The van der Waals surface area contributed by atoms with Gasteiger partial charge in [-0.2, -0.15) is 0 Å². The van der Waals surface area contributed by atoms with Crippen LogP contribution in [0.2, 0.25) is 0 Å². The summed E-state index contributed by atoms with van der Waals surface area (Å²) >= 11 is 0. The van der Waals surface area contributed by atoms with E-state index in [2.05, 4.69) is 15.3 Å². The topological polar surface area (TPSA) is 93.4 Å². The van der Waals surface area contributed by atoms with Crippen LogP contribution >= 0.6 is 0 Å². The lowest BCUT2D eigenvalue weighted by atomic mass is 9.89. The fourth-order valence-electron chi connectivity index (χ4n) is 3.14. The van der Waals surface area contributed by atoms with E-state index in [0.717, 1.165) is 0 Å². The number of amides is 1. The maximum atomic E-state index is 13.0. The van der Waals surface area contributed by atoms with Gasteiger partial charge in [0.25, 0.3) is 5.91 Å². The molecule has 1 aliphatic heterocycles. The fourth-order valence-corrected chi connectivity index (χ4v) is 3.14. The second-order valence-corrected chi connectivity index (χ2v) is 6.83. The highest BCUT2D eigenvalue weighted by atomic mass is 16.5. The van der Waals surface area contributed by atoms with E-state index in [-0.39, 0.29) is 18.5 Å². The first kappa shape index (κ1) is 18.3. The summed E-state index contributed by atoms with van der Waals surface area (Å²) in [5.74, 6) is 0.121. The van der Waals surface area contributed by atoms with Gasteiger partial charge in [0.15, 0.2) is 0 Å².